The zero-order chi connectivity index (χ0) is 30.5. The summed E-state index contributed by atoms with van der Waals surface area (Å²) in [5.41, 5.74) is 5.61. The number of ether oxygens (including phenoxy) is 1. The topological polar surface area (TPSA) is 26.3 Å². The van der Waals surface area contributed by atoms with Gasteiger partial charge in [0.05, 0.1) is 5.56 Å². The average Bonchev–Trinajstić information content (AvgIpc) is 3.33. The van der Waals surface area contributed by atoms with E-state index >= 15 is 0 Å². The number of hydrogen-bond donors (Lipinski definition) is 0. The molecule has 42 heavy (non-hydrogen) atoms. The van der Waals surface area contributed by atoms with Gasteiger partial charge in [-0.25, -0.2) is 4.79 Å². The van der Waals surface area contributed by atoms with Gasteiger partial charge in [0, 0.05) is 0 Å². The Balaban J connectivity index is 1.29. The summed E-state index contributed by atoms with van der Waals surface area (Å²) >= 11 is 0. The number of esters is 1. The predicted molar refractivity (Wildman–Crippen MR) is 175 cm³/mol. The van der Waals surface area contributed by atoms with Gasteiger partial charge in [-0.3, -0.25) is 0 Å². The second kappa shape index (κ2) is 9.84. The Morgan fingerprint density at radius 1 is 0.857 bits per heavy atom. The maximum atomic E-state index is 12.7. The van der Waals surface area contributed by atoms with E-state index in [9.17, 15) is 4.79 Å². The zero-order valence-electron chi connectivity index (χ0n) is 28.2. The van der Waals surface area contributed by atoms with Gasteiger partial charge in [0.1, 0.15) is 5.60 Å². The van der Waals surface area contributed by atoms with Crippen LogP contribution < -0.4 is 0 Å². The molecule has 2 heteroatoms. The summed E-state index contributed by atoms with van der Waals surface area (Å²) in [7, 11) is 0. The Labute approximate surface area is 257 Å². The Morgan fingerprint density at radius 3 is 2.17 bits per heavy atom. The lowest BCUT2D eigenvalue weighted by atomic mass is 9.33. The molecule has 4 saturated carbocycles. The molecular formula is C40H58O2. The van der Waals surface area contributed by atoms with E-state index in [4.69, 9.17) is 4.74 Å². The molecule has 1 aromatic carbocycles. The summed E-state index contributed by atoms with van der Waals surface area (Å²) in [4.78, 5) is 12.7. The van der Waals surface area contributed by atoms with Gasteiger partial charge in [-0.15, -0.1) is 0 Å². The minimum atomic E-state index is -0.484. The van der Waals surface area contributed by atoms with Gasteiger partial charge in [0.25, 0.3) is 0 Å². The molecule has 5 aliphatic rings. The van der Waals surface area contributed by atoms with Crippen molar-refractivity contribution in [1.82, 2.24) is 0 Å². The highest BCUT2D eigenvalue weighted by Crippen LogP contribution is 2.76. The highest BCUT2D eigenvalue weighted by Gasteiger charge is 2.68. The van der Waals surface area contributed by atoms with Crippen molar-refractivity contribution < 1.29 is 9.53 Å². The molecule has 0 radical (unpaired) electrons. The highest BCUT2D eigenvalue weighted by molar-refractivity contribution is 5.90. The van der Waals surface area contributed by atoms with Gasteiger partial charge in [0.2, 0.25) is 0 Å². The fourth-order valence-corrected chi connectivity index (χ4v) is 12.4. The maximum absolute atomic E-state index is 12.7. The molecule has 5 aliphatic carbocycles. The Bertz CT molecular complexity index is 1280. The number of fused-ring (bicyclic) bond motifs is 7. The summed E-state index contributed by atoms with van der Waals surface area (Å²) < 4.78 is 5.62. The van der Waals surface area contributed by atoms with Gasteiger partial charge in [-0.2, -0.15) is 0 Å². The first kappa shape index (κ1) is 30.2. The van der Waals surface area contributed by atoms with Crippen molar-refractivity contribution in [2.45, 2.75) is 126 Å². The molecular weight excluding hydrogens is 512 g/mol. The first-order valence-electron chi connectivity index (χ1n) is 17.2. The van der Waals surface area contributed by atoms with Crippen LogP contribution in [0.1, 0.15) is 136 Å². The van der Waals surface area contributed by atoms with Crippen molar-refractivity contribution in [3.05, 3.63) is 53.6 Å². The van der Waals surface area contributed by atoms with E-state index in [2.05, 4.69) is 66.3 Å². The molecule has 0 aromatic heterocycles. The third-order valence-corrected chi connectivity index (χ3v) is 14.3. The van der Waals surface area contributed by atoms with E-state index < -0.39 is 5.60 Å². The number of carbonyl (C=O) groups excluding carboxylic acids is 1. The van der Waals surface area contributed by atoms with Crippen LogP contribution in [-0.4, -0.2) is 11.6 Å². The van der Waals surface area contributed by atoms with Gasteiger partial charge < -0.3 is 4.74 Å². The first-order chi connectivity index (χ1) is 19.5. The molecule has 1 aromatic rings. The predicted octanol–water partition coefficient (Wildman–Crippen LogP) is 10.9. The largest absolute Gasteiger partial charge is 0.456 e. The summed E-state index contributed by atoms with van der Waals surface area (Å²) in [5, 5.41) is 0. The Hall–Kier alpha value is -1.83. The fraction of sp³-hybridized carbons (Fsp3) is 0.725. The van der Waals surface area contributed by atoms with Crippen molar-refractivity contribution in [3.8, 4) is 0 Å². The molecule has 230 valence electrons. The van der Waals surface area contributed by atoms with E-state index in [1.54, 1.807) is 0 Å². The van der Waals surface area contributed by atoms with Gasteiger partial charge in [0.15, 0.2) is 0 Å². The van der Waals surface area contributed by atoms with Crippen LogP contribution in [0.5, 0.6) is 0 Å². The lowest BCUT2D eigenvalue weighted by Gasteiger charge is -2.71. The standard InChI is InChI=1S/C40H58O2/c1-25(2)29-16-15-27-19-23-39(9)31(34(27)29)17-18-33-38(8)22-20-30(37(6,7)32(38)21-24-40(33,39)10)26-11-13-28(14-12-26)35(41)42-36(3,4)5/h11-14,20,27,29,31-34H,1,15-19,21-24H2,2-10H3. The molecule has 0 spiro atoms. The van der Waals surface area contributed by atoms with Crippen molar-refractivity contribution in [2.24, 2.45) is 57.2 Å². The summed E-state index contributed by atoms with van der Waals surface area (Å²) in [6, 6.07) is 8.25. The number of benzene rings is 1. The lowest BCUT2D eigenvalue weighted by Crippen LogP contribution is -2.64. The number of allylic oxidation sites excluding steroid dienone is 3. The molecule has 0 heterocycles. The van der Waals surface area contributed by atoms with Crippen molar-refractivity contribution in [1.29, 1.82) is 0 Å². The van der Waals surface area contributed by atoms with Crippen LogP contribution >= 0.6 is 0 Å². The van der Waals surface area contributed by atoms with Crippen molar-refractivity contribution in [3.63, 3.8) is 0 Å². The van der Waals surface area contributed by atoms with Crippen LogP contribution in [0, 0.1) is 57.2 Å². The lowest BCUT2D eigenvalue weighted by molar-refractivity contribution is -0.215. The Kier molecular flexibility index (Phi) is 7.07. The smallest absolute Gasteiger partial charge is 0.338 e. The normalized spacial score (nSPS) is 42.4. The van der Waals surface area contributed by atoms with Crippen molar-refractivity contribution in [2.75, 3.05) is 0 Å². The van der Waals surface area contributed by atoms with E-state index in [0.717, 1.165) is 29.6 Å². The summed E-state index contributed by atoms with van der Waals surface area (Å²) in [6.45, 7) is 25.8. The molecule has 2 nitrogen and oxygen atoms in total. The van der Waals surface area contributed by atoms with E-state index in [1.165, 1.54) is 74.5 Å². The van der Waals surface area contributed by atoms with Gasteiger partial charge in [-0.1, -0.05) is 65.0 Å². The molecule has 0 bridgehead atoms. The van der Waals surface area contributed by atoms with E-state index in [1.807, 2.05) is 32.9 Å². The highest BCUT2D eigenvalue weighted by atomic mass is 16.6. The fourth-order valence-electron chi connectivity index (χ4n) is 12.4. The molecule has 0 N–H and O–H groups in total. The quantitative estimate of drug-likeness (QED) is 0.267. The summed E-state index contributed by atoms with van der Waals surface area (Å²) in [5.74, 6) is 4.65. The molecule has 0 saturated heterocycles. The minimum Gasteiger partial charge on any atom is -0.456 e. The monoisotopic (exact) mass is 570 g/mol. The second-order valence-electron chi connectivity index (χ2n) is 17.7. The van der Waals surface area contributed by atoms with Crippen LogP contribution in [0.4, 0.5) is 0 Å². The molecule has 6 rings (SSSR count). The molecule has 9 unspecified atom stereocenters. The van der Waals surface area contributed by atoms with E-state index in [-0.39, 0.29) is 11.4 Å². The molecule has 9 atom stereocenters. The second-order valence-corrected chi connectivity index (χ2v) is 17.7. The third-order valence-electron chi connectivity index (χ3n) is 14.3. The molecule has 0 amide bonds. The van der Waals surface area contributed by atoms with Crippen molar-refractivity contribution >= 4 is 11.5 Å². The van der Waals surface area contributed by atoms with Gasteiger partial charge in [-0.05, 0) is 166 Å². The van der Waals surface area contributed by atoms with Crippen LogP contribution in [-0.2, 0) is 4.74 Å². The number of carbonyl (C=O) groups is 1. The SMILES string of the molecule is C=C(C)C1CCC2CCC3(C)C(CCC4C5(C)CC=C(c6ccc(C(=O)OC(C)(C)C)cc6)C(C)(C)C5CCC43C)C21. The maximum Gasteiger partial charge on any atom is 0.338 e. The van der Waals surface area contributed by atoms with Crippen LogP contribution in [0.15, 0.2) is 42.5 Å². The summed E-state index contributed by atoms with van der Waals surface area (Å²) in [6.07, 6.45) is 15.0. The Morgan fingerprint density at radius 2 is 1.52 bits per heavy atom. The average molecular weight is 571 g/mol. The van der Waals surface area contributed by atoms with E-state index in [0.29, 0.717) is 27.7 Å². The minimum absolute atomic E-state index is 0.0910. The van der Waals surface area contributed by atoms with Gasteiger partial charge >= 0.3 is 5.97 Å². The molecule has 4 fully saturated rings. The van der Waals surface area contributed by atoms with Crippen LogP contribution in [0.3, 0.4) is 0 Å². The first-order valence-corrected chi connectivity index (χ1v) is 17.2. The number of hydrogen-bond acceptors (Lipinski definition) is 2. The third kappa shape index (κ3) is 4.34. The zero-order valence-corrected chi connectivity index (χ0v) is 28.2. The number of rotatable bonds is 3. The van der Waals surface area contributed by atoms with Crippen LogP contribution in [0.25, 0.3) is 5.57 Å². The molecule has 0 aliphatic heterocycles. The van der Waals surface area contributed by atoms with Crippen LogP contribution in [0.2, 0.25) is 0 Å².